The van der Waals surface area contributed by atoms with Crippen LogP contribution < -0.4 is 15.5 Å². The van der Waals surface area contributed by atoms with Crippen LogP contribution in [0.15, 0.2) is 48.5 Å². The van der Waals surface area contributed by atoms with Gasteiger partial charge < -0.3 is 15.5 Å². The highest BCUT2D eigenvalue weighted by molar-refractivity contribution is 6.02. The van der Waals surface area contributed by atoms with Crippen LogP contribution in [-0.4, -0.2) is 30.9 Å². The first-order valence-corrected chi connectivity index (χ1v) is 9.56. The minimum absolute atomic E-state index is 0.0558. The molecule has 0 aliphatic carbocycles. The molecule has 1 heterocycles. The summed E-state index contributed by atoms with van der Waals surface area (Å²) in [5.74, 6) is -0.198. The first-order chi connectivity index (χ1) is 13.0. The van der Waals surface area contributed by atoms with Crippen LogP contribution in [0.1, 0.15) is 42.6 Å². The number of carbonyl (C=O) groups excluding carboxylic acids is 2. The zero-order valence-corrected chi connectivity index (χ0v) is 16.0. The molecule has 0 unspecified atom stereocenters. The van der Waals surface area contributed by atoms with Gasteiger partial charge in [-0.2, -0.15) is 0 Å². The molecule has 5 heteroatoms. The van der Waals surface area contributed by atoms with Gasteiger partial charge in [0.15, 0.2) is 0 Å². The molecule has 1 fully saturated rings. The first kappa shape index (κ1) is 19.0. The second kappa shape index (κ2) is 8.71. The van der Waals surface area contributed by atoms with Gasteiger partial charge in [-0.05, 0) is 50.5 Å². The van der Waals surface area contributed by atoms with Gasteiger partial charge in [0.2, 0.25) is 5.91 Å². The number of amides is 2. The highest BCUT2D eigenvalue weighted by Gasteiger charge is 2.21. The van der Waals surface area contributed by atoms with Gasteiger partial charge in [-0.3, -0.25) is 9.59 Å². The number of hydrogen-bond donors (Lipinski definition) is 2. The summed E-state index contributed by atoms with van der Waals surface area (Å²) in [5, 5.41) is 5.88. The molecule has 0 bridgehead atoms. The molecule has 2 aromatic rings. The van der Waals surface area contributed by atoms with E-state index < -0.39 is 0 Å². The molecule has 0 spiro atoms. The molecular weight excluding hydrogens is 338 g/mol. The summed E-state index contributed by atoms with van der Waals surface area (Å²) in [4.78, 5) is 27.3. The molecule has 0 atom stereocenters. The molecule has 3 rings (SSSR count). The van der Waals surface area contributed by atoms with E-state index in [1.165, 1.54) is 0 Å². The topological polar surface area (TPSA) is 61.4 Å². The van der Waals surface area contributed by atoms with Crippen molar-refractivity contribution in [1.29, 1.82) is 0 Å². The van der Waals surface area contributed by atoms with Crippen molar-refractivity contribution >= 4 is 23.2 Å². The van der Waals surface area contributed by atoms with Crippen molar-refractivity contribution in [1.82, 2.24) is 5.32 Å². The SMILES string of the molecule is CC(C)NC(=O)c1cc(NC(=O)Cc2ccccc2)ccc1N1CCCC1. The Kier molecular flexibility index (Phi) is 6.12. The third-order valence-electron chi connectivity index (χ3n) is 4.60. The minimum atomic E-state index is -0.106. The molecule has 0 saturated carbocycles. The van der Waals surface area contributed by atoms with Gasteiger partial charge in [0.05, 0.1) is 12.0 Å². The second-order valence-corrected chi connectivity index (χ2v) is 7.26. The molecule has 27 heavy (non-hydrogen) atoms. The van der Waals surface area contributed by atoms with Gasteiger partial charge in [0.25, 0.3) is 5.91 Å². The van der Waals surface area contributed by atoms with Gasteiger partial charge in [0, 0.05) is 30.5 Å². The zero-order chi connectivity index (χ0) is 19.2. The van der Waals surface area contributed by atoms with Crippen LogP contribution in [0.3, 0.4) is 0 Å². The van der Waals surface area contributed by atoms with E-state index in [0.717, 1.165) is 37.2 Å². The summed E-state index contributed by atoms with van der Waals surface area (Å²) in [6.45, 7) is 5.81. The summed E-state index contributed by atoms with van der Waals surface area (Å²) in [6, 6.07) is 15.3. The van der Waals surface area contributed by atoms with Crippen LogP contribution in [0.2, 0.25) is 0 Å². The van der Waals surface area contributed by atoms with E-state index in [2.05, 4.69) is 15.5 Å². The standard InChI is InChI=1S/C22H27N3O2/c1-16(2)23-22(27)19-15-18(10-11-20(19)25-12-6-7-13-25)24-21(26)14-17-8-4-3-5-9-17/h3-5,8-11,15-16H,6-7,12-14H2,1-2H3,(H,23,27)(H,24,26). The monoisotopic (exact) mass is 365 g/mol. The van der Waals surface area contributed by atoms with Gasteiger partial charge in [0.1, 0.15) is 0 Å². The number of nitrogens with one attached hydrogen (secondary N) is 2. The summed E-state index contributed by atoms with van der Waals surface area (Å²) < 4.78 is 0. The predicted octanol–water partition coefficient (Wildman–Crippen LogP) is 3.61. The average Bonchev–Trinajstić information content (AvgIpc) is 3.16. The Balaban J connectivity index is 1.79. The Morgan fingerprint density at radius 1 is 1.04 bits per heavy atom. The summed E-state index contributed by atoms with van der Waals surface area (Å²) in [6.07, 6.45) is 2.59. The molecule has 1 aliphatic heterocycles. The molecule has 2 N–H and O–H groups in total. The molecule has 1 saturated heterocycles. The van der Waals surface area contributed by atoms with Crippen LogP contribution in [0.5, 0.6) is 0 Å². The quantitative estimate of drug-likeness (QED) is 0.822. The lowest BCUT2D eigenvalue weighted by atomic mass is 10.1. The van der Waals surface area contributed by atoms with Crippen molar-refractivity contribution in [3.8, 4) is 0 Å². The number of anilines is 2. The normalized spacial score (nSPS) is 13.7. The van der Waals surface area contributed by atoms with Gasteiger partial charge >= 0.3 is 0 Å². The molecule has 0 aromatic heterocycles. The van der Waals surface area contributed by atoms with Gasteiger partial charge in [-0.25, -0.2) is 0 Å². The van der Waals surface area contributed by atoms with Crippen LogP contribution in [-0.2, 0) is 11.2 Å². The van der Waals surface area contributed by atoms with Crippen LogP contribution in [0.25, 0.3) is 0 Å². The lowest BCUT2D eigenvalue weighted by Gasteiger charge is -2.22. The third-order valence-corrected chi connectivity index (χ3v) is 4.60. The maximum absolute atomic E-state index is 12.7. The molecule has 2 aromatic carbocycles. The lowest BCUT2D eigenvalue weighted by molar-refractivity contribution is -0.115. The fraction of sp³-hybridized carbons (Fsp3) is 0.364. The number of carbonyl (C=O) groups is 2. The van der Waals surface area contributed by atoms with Crippen LogP contribution >= 0.6 is 0 Å². The van der Waals surface area contributed by atoms with E-state index in [1.54, 1.807) is 6.07 Å². The van der Waals surface area contributed by atoms with Crippen molar-refractivity contribution in [2.45, 2.75) is 39.2 Å². The number of rotatable bonds is 6. The van der Waals surface area contributed by atoms with Crippen molar-refractivity contribution in [2.75, 3.05) is 23.3 Å². The predicted molar refractivity (Wildman–Crippen MR) is 109 cm³/mol. The Labute approximate surface area is 160 Å². The number of hydrogen-bond acceptors (Lipinski definition) is 3. The Morgan fingerprint density at radius 3 is 2.41 bits per heavy atom. The van der Waals surface area contributed by atoms with Gasteiger partial charge in [-0.1, -0.05) is 30.3 Å². The van der Waals surface area contributed by atoms with E-state index in [-0.39, 0.29) is 17.9 Å². The van der Waals surface area contributed by atoms with Crippen molar-refractivity contribution < 1.29 is 9.59 Å². The van der Waals surface area contributed by atoms with Crippen molar-refractivity contribution in [2.24, 2.45) is 0 Å². The Morgan fingerprint density at radius 2 is 1.74 bits per heavy atom. The van der Waals surface area contributed by atoms with Crippen molar-refractivity contribution in [3.63, 3.8) is 0 Å². The largest absolute Gasteiger partial charge is 0.371 e. The fourth-order valence-electron chi connectivity index (χ4n) is 3.36. The fourth-order valence-corrected chi connectivity index (χ4v) is 3.36. The molecule has 1 aliphatic rings. The maximum Gasteiger partial charge on any atom is 0.253 e. The summed E-state index contributed by atoms with van der Waals surface area (Å²) in [5.41, 5.74) is 3.16. The smallest absolute Gasteiger partial charge is 0.253 e. The highest BCUT2D eigenvalue weighted by atomic mass is 16.2. The number of nitrogens with zero attached hydrogens (tertiary/aromatic N) is 1. The molecule has 2 amide bonds. The molecular formula is C22H27N3O2. The zero-order valence-electron chi connectivity index (χ0n) is 16.0. The van der Waals surface area contributed by atoms with E-state index in [0.29, 0.717) is 17.7 Å². The van der Waals surface area contributed by atoms with E-state index in [1.807, 2.05) is 56.3 Å². The van der Waals surface area contributed by atoms with E-state index in [9.17, 15) is 9.59 Å². The highest BCUT2D eigenvalue weighted by Crippen LogP contribution is 2.27. The second-order valence-electron chi connectivity index (χ2n) is 7.26. The van der Waals surface area contributed by atoms with Gasteiger partial charge in [-0.15, -0.1) is 0 Å². The first-order valence-electron chi connectivity index (χ1n) is 9.56. The van der Waals surface area contributed by atoms with Crippen LogP contribution in [0.4, 0.5) is 11.4 Å². The van der Waals surface area contributed by atoms with Crippen molar-refractivity contribution in [3.05, 3.63) is 59.7 Å². The average molecular weight is 365 g/mol. The Hall–Kier alpha value is -2.82. The minimum Gasteiger partial charge on any atom is -0.371 e. The lowest BCUT2D eigenvalue weighted by Crippen LogP contribution is -2.32. The van der Waals surface area contributed by atoms with E-state index in [4.69, 9.17) is 0 Å². The third kappa shape index (κ3) is 5.09. The summed E-state index contributed by atoms with van der Waals surface area (Å²) in [7, 11) is 0. The molecule has 142 valence electrons. The molecule has 5 nitrogen and oxygen atoms in total. The van der Waals surface area contributed by atoms with Crippen LogP contribution in [0, 0.1) is 0 Å². The molecule has 0 radical (unpaired) electrons. The summed E-state index contributed by atoms with van der Waals surface area (Å²) >= 11 is 0. The Bertz CT molecular complexity index is 796. The van der Waals surface area contributed by atoms with E-state index >= 15 is 0 Å². The number of benzene rings is 2. The maximum atomic E-state index is 12.7.